The first kappa shape index (κ1) is 20.2. The average molecular weight is 406 g/mol. The molecule has 4 rings (SSSR count). The van der Waals surface area contributed by atoms with Gasteiger partial charge in [-0.1, -0.05) is 33.8 Å². The Morgan fingerprint density at radius 3 is 2.75 bits per heavy atom. The SMILES string of the molecule is CCc1cc2c(cc1OSOON)CC[C@@H]1[C@@H]2CC[C@]2(C)C(=O)C(C)(C)C[C@@H]12. The van der Waals surface area contributed by atoms with Gasteiger partial charge in [-0.2, -0.15) is 5.90 Å². The maximum absolute atomic E-state index is 13.1. The van der Waals surface area contributed by atoms with Crippen molar-refractivity contribution in [3.63, 3.8) is 0 Å². The van der Waals surface area contributed by atoms with Gasteiger partial charge in [0.15, 0.2) is 0 Å². The normalized spacial score (nSPS) is 33.2. The molecule has 0 saturated heterocycles. The summed E-state index contributed by atoms with van der Waals surface area (Å²) in [7, 11) is 0. The molecule has 154 valence electrons. The van der Waals surface area contributed by atoms with Crippen molar-refractivity contribution < 1.29 is 18.3 Å². The van der Waals surface area contributed by atoms with Crippen molar-refractivity contribution in [1.29, 1.82) is 0 Å². The lowest BCUT2D eigenvalue weighted by Crippen LogP contribution is -2.43. The quantitative estimate of drug-likeness (QED) is 0.319. The van der Waals surface area contributed by atoms with Gasteiger partial charge in [0.1, 0.15) is 11.5 Å². The average Bonchev–Trinajstić information content (AvgIpc) is 2.87. The number of ketones is 1. The Labute approximate surface area is 172 Å². The molecule has 0 bridgehead atoms. The van der Waals surface area contributed by atoms with Crippen LogP contribution in [0.1, 0.15) is 76.0 Å². The number of nitrogens with two attached hydrogens (primary N) is 1. The molecular formula is C22H31NO4S. The maximum atomic E-state index is 13.1. The predicted molar refractivity (Wildman–Crippen MR) is 109 cm³/mol. The minimum atomic E-state index is -0.177. The molecule has 2 saturated carbocycles. The van der Waals surface area contributed by atoms with Crippen molar-refractivity contribution >= 4 is 18.1 Å². The minimum Gasteiger partial charge on any atom is -0.398 e. The van der Waals surface area contributed by atoms with Gasteiger partial charge in [-0.25, -0.2) is 0 Å². The number of Topliss-reactive ketones (excluding diaryl/α,β-unsaturated/α-hetero) is 1. The number of hydrogen-bond donors (Lipinski definition) is 1. The van der Waals surface area contributed by atoms with Crippen molar-refractivity contribution in [2.45, 2.75) is 72.1 Å². The van der Waals surface area contributed by atoms with E-state index < -0.39 is 0 Å². The maximum Gasteiger partial charge on any atom is 0.260 e. The van der Waals surface area contributed by atoms with Crippen LogP contribution in [0.25, 0.3) is 0 Å². The van der Waals surface area contributed by atoms with Gasteiger partial charge < -0.3 is 4.18 Å². The fraction of sp³-hybridized carbons (Fsp3) is 0.682. The van der Waals surface area contributed by atoms with Crippen LogP contribution in [-0.4, -0.2) is 5.78 Å². The Morgan fingerprint density at radius 1 is 1.25 bits per heavy atom. The van der Waals surface area contributed by atoms with Crippen LogP contribution in [0.5, 0.6) is 5.75 Å². The molecule has 3 aliphatic rings. The lowest BCUT2D eigenvalue weighted by Gasteiger charge is -2.48. The van der Waals surface area contributed by atoms with Gasteiger partial charge in [0.25, 0.3) is 12.3 Å². The molecule has 3 aliphatic carbocycles. The molecule has 6 heteroatoms. The van der Waals surface area contributed by atoms with E-state index in [1.54, 1.807) is 0 Å². The van der Waals surface area contributed by atoms with Crippen molar-refractivity contribution in [3.8, 4) is 5.75 Å². The van der Waals surface area contributed by atoms with Gasteiger partial charge in [0.05, 0.1) is 0 Å². The summed E-state index contributed by atoms with van der Waals surface area (Å²) in [6.45, 7) is 8.67. The van der Waals surface area contributed by atoms with Crippen molar-refractivity contribution in [3.05, 3.63) is 28.8 Å². The monoisotopic (exact) mass is 405 g/mol. The van der Waals surface area contributed by atoms with E-state index in [1.165, 1.54) is 16.7 Å². The van der Waals surface area contributed by atoms with Crippen molar-refractivity contribution in [2.75, 3.05) is 0 Å². The molecule has 0 heterocycles. The van der Waals surface area contributed by atoms with Gasteiger partial charge in [0, 0.05) is 10.8 Å². The summed E-state index contributed by atoms with van der Waals surface area (Å²) in [5.74, 6) is 7.86. The number of rotatable bonds is 5. The van der Waals surface area contributed by atoms with E-state index in [0.717, 1.165) is 56.6 Å². The third-order valence-electron chi connectivity index (χ3n) is 7.73. The molecule has 0 amide bonds. The van der Waals surface area contributed by atoms with Crippen LogP contribution >= 0.6 is 12.3 Å². The lowest BCUT2D eigenvalue weighted by atomic mass is 9.55. The molecule has 28 heavy (non-hydrogen) atoms. The van der Waals surface area contributed by atoms with Crippen molar-refractivity contribution in [2.24, 2.45) is 28.6 Å². The van der Waals surface area contributed by atoms with E-state index in [9.17, 15) is 4.79 Å². The van der Waals surface area contributed by atoms with E-state index in [1.807, 2.05) is 0 Å². The van der Waals surface area contributed by atoms with Crippen LogP contribution in [0, 0.1) is 22.7 Å². The Bertz CT molecular complexity index is 780. The Balaban J connectivity index is 1.65. The number of carbonyl (C=O) groups excluding carboxylic acids is 1. The second-order valence-electron chi connectivity index (χ2n) is 9.62. The van der Waals surface area contributed by atoms with Crippen LogP contribution in [0.4, 0.5) is 0 Å². The van der Waals surface area contributed by atoms with E-state index >= 15 is 0 Å². The summed E-state index contributed by atoms with van der Waals surface area (Å²) in [5, 5.41) is 0. The molecule has 5 nitrogen and oxygen atoms in total. The summed E-state index contributed by atoms with van der Waals surface area (Å²) in [6, 6.07) is 4.49. The minimum absolute atomic E-state index is 0.130. The van der Waals surface area contributed by atoms with Crippen LogP contribution in [-0.2, 0) is 27.0 Å². The van der Waals surface area contributed by atoms with Gasteiger partial charge in [-0.05, 0) is 79.0 Å². The molecular weight excluding hydrogens is 374 g/mol. The summed E-state index contributed by atoms with van der Waals surface area (Å²) < 4.78 is 10.2. The Kier molecular flexibility index (Phi) is 5.28. The number of benzene rings is 1. The summed E-state index contributed by atoms with van der Waals surface area (Å²) >= 11 is 0.737. The zero-order valence-electron chi connectivity index (χ0n) is 17.2. The lowest BCUT2D eigenvalue weighted by molar-refractivity contribution is -0.199. The molecule has 0 radical (unpaired) electrons. The predicted octanol–water partition coefficient (Wildman–Crippen LogP) is 5.07. The van der Waals surface area contributed by atoms with Crippen LogP contribution < -0.4 is 10.1 Å². The largest absolute Gasteiger partial charge is 0.398 e. The smallest absolute Gasteiger partial charge is 0.260 e. The fourth-order valence-corrected chi connectivity index (χ4v) is 6.75. The number of fused-ring (bicyclic) bond motifs is 5. The van der Waals surface area contributed by atoms with Gasteiger partial charge in [-0.3, -0.25) is 4.79 Å². The molecule has 4 atom stereocenters. The highest BCUT2D eigenvalue weighted by Crippen LogP contribution is 2.63. The second kappa shape index (κ2) is 7.31. The molecule has 0 unspecified atom stereocenters. The highest BCUT2D eigenvalue weighted by molar-refractivity contribution is 7.90. The highest BCUT2D eigenvalue weighted by Gasteiger charge is 2.60. The Morgan fingerprint density at radius 2 is 2.04 bits per heavy atom. The van der Waals surface area contributed by atoms with Crippen LogP contribution in [0.2, 0.25) is 0 Å². The fourth-order valence-electron chi connectivity index (χ4n) is 6.46. The first-order valence-corrected chi connectivity index (χ1v) is 11.1. The summed E-state index contributed by atoms with van der Waals surface area (Å²) in [4.78, 5) is 17.2. The van der Waals surface area contributed by atoms with E-state index in [4.69, 9.17) is 10.1 Å². The molecule has 0 spiro atoms. The summed E-state index contributed by atoms with van der Waals surface area (Å²) in [5.41, 5.74) is 3.71. The molecule has 2 N–H and O–H groups in total. The summed E-state index contributed by atoms with van der Waals surface area (Å²) in [6.07, 6.45) is 6.23. The van der Waals surface area contributed by atoms with Gasteiger partial charge in [0.2, 0.25) is 0 Å². The zero-order chi connectivity index (χ0) is 20.1. The molecule has 2 fully saturated rings. The third-order valence-corrected chi connectivity index (χ3v) is 8.11. The Hall–Kier alpha value is -1.08. The van der Waals surface area contributed by atoms with Crippen LogP contribution in [0.15, 0.2) is 12.1 Å². The van der Waals surface area contributed by atoms with E-state index in [-0.39, 0.29) is 10.8 Å². The molecule has 1 aromatic carbocycles. The molecule has 0 aromatic heterocycles. The zero-order valence-corrected chi connectivity index (χ0v) is 18.1. The third kappa shape index (κ3) is 3.09. The van der Waals surface area contributed by atoms with Gasteiger partial charge in [-0.15, -0.1) is 9.32 Å². The number of aryl methyl sites for hydroxylation is 2. The topological polar surface area (TPSA) is 70.8 Å². The van der Waals surface area contributed by atoms with E-state index in [2.05, 4.69) is 49.1 Å². The van der Waals surface area contributed by atoms with Gasteiger partial charge >= 0.3 is 0 Å². The number of carbonyl (C=O) groups is 1. The molecule has 1 aromatic rings. The van der Waals surface area contributed by atoms with Crippen molar-refractivity contribution in [1.82, 2.24) is 0 Å². The molecule has 0 aliphatic heterocycles. The second-order valence-corrected chi connectivity index (χ2v) is 10.1. The van der Waals surface area contributed by atoms with E-state index in [0.29, 0.717) is 23.5 Å². The number of hydrogen-bond acceptors (Lipinski definition) is 6. The highest BCUT2D eigenvalue weighted by atomic mass is 32.2. The standard InChI is InChI=1S/C22H31NO4S/c1-5-13-10-17-14(11-19(13)25-28-27-26-23)6-7-16-15(17)8-9-22(4)18(16)12-21(2,3)20(22)24/h10-11,15-16,18H,5-9,12,23H2,1-4H3/t15-,16+,18-,22-/m0/s1. The van der Waals surface area contributed by atoms with Crippen LogP contribution in [0.3, 0.4) is 0 Å². The first-order valence-electron chi connectivity index (χ1n) is 10.4. The first-order chi connectivity index (χ1) is 13.3.